The molecule has 0 fully saturated rings. The quantitative estimate of drug-likeness (QED) is 0.480. The van der Waals surface area contributed by atoms with Crippen LogP contribution in [0, 0.1) is 0 Å². The highest BCUT2D eigenvalue weighted by molar-refractivity contribution is 6.13. The first-order valence-corrected chi connectivity index (χ1v) is 9.09. The number of anilines is 1. The van der Waals surface area contributed by atoms with Crippen LogP contribution in [0.2, 0.25) is 0 Å². The molecule has 3 aromatic carbocycles. The molecule has 0 saturated carbocycles. The Morgan fingerprint density at radius 2 is 1.48 bits per heavy atom. The van der Waals surface area contributed by atoms with Gasteiger partial charge in [-0.05, 0) is 12.1 Å². The fourth-order valence-corrected chi connectivity index (χ4v) is 2.65. The van der Waals surface area contributed by atoms with E-state index in [1.807, 2.05) is 60.7 Å². The molecule has 2 amide bonds. The normalized spacial score (nSPS) is 9.97. The van der Waals surface area contributed by atoms with E-state index in [2.05, 4.69) is 15.8 Å². The lowest BCUT2D eigenvalue weighted by Crippen LogP contribution is -2.26. The summed E-state index contributed by atoms with van der Waals surface area (Å²) in [5.74, 6) is -0.0930. The average molecular weight is 387 g/mol. The van der Waals surface area contributed by atoms with Gasteiger partial charge in [-0.2, -0.15) is 5.10 Å². The molecule has 2 N–H and O–H groups in total. The standard InChI is InChI=1S/C23H21N3O3/c1-17(27)24-20-13-8-14-21(15-20)29-16-22(28)25-26-23(18-9-4-2-5-10-18)19-11-6-3-7-12-19/h2-15H,16H2,1H3,(H,24,27)(H,25,28). The number of rotatable bonds is 7. The Labute approximate surface area is 169 Å². The minimum absolute atomic E-state index is 0.177. The number of hydrazone groups is 1. The molecular weight excluding hydrogens is 366 g/mol. The van der Waals surface area contributed by atoms with Gasteiger partial charge in [-0.25, -0.2) is 5.43 Å². The summed E-state index contributed by atoms with van der Waals surface area (Å²) in [5.41, 5.74) is 5.59. The van der Waals surface area contributed by atoms with Crippen molar-refractivity contribution < 1.29 is 14.3 Å². The fraction of sp³-hybridized carbons (Fsp3) is 0.0870. The number of carbonyl (C=O) groups is 2. The summed E-state index contributed by atoms with van der Waals surface area (Å²) in [6.07, 6.45) is 0. The molecule has 0 bridgehead atoms. The molecule has 29 heavy (non-hydrogen) atoms. The van der Waals surface area contributed by atoms with E-state index in [0.717, 1.165) is 11.1 Å². The highest BCUT2D eigenvalue weighted by Gasteiger charge is 2.08. The van der Waals surface area contributed by atoms with Crippen LogP contribution in [0.25, 0.3) is 0 Å². The summed E-state index contributed by atoms with van der Waals surface area (Å²) in [5, 5.41) is 6.98. The largest absolute Gasteiger partial charge is 0.484 e. The Balaban J connectivity index is 1.67. The van der Waals surface area contributed by atoms with Gasteiger partial charge in [0.15, 0.2) is 6.61 Å². The van der Waals surface area contributed by atoms with Gasteiger partial charge in [0.25, 0.3) is 5.91 Å². The number of carbonyl (C=O) groups excluding carboxylic acids is 2. The minimum atomic E-state index is -0.390. The molecule has 0 spiro atoms. The molecule has 0 saturated heterocycles. The fourth-order valence-electron chi connectivity index (χ4n) is 2.65. The summed E-state index contributed by atoms with van der Waals surface area (Å²) >= 11 is 0. The zero-order valence-electron chi connectivity index (χ0n) is 16.0. The first kappa shape index (κ1) is 19.8. The Morgan fingerprint density at radius 1 is 0.862 bits per heavy atom. The molecule has 6 nitrogen and oxygen atoms in total. The van der Waals surface area contributed by atoms with Gasteiger partial charge in [-0.1, -0.05) is 66.7 Å². The van der Waals surface area contributed by atoms with E-state index in [-0.39, 0.29) is 18.4 Å². The van der Waals surface area contributed by atoms with Crippen molar-refractivity contribution >= 4 is 23.2 Å². The molecule has 3 aromatic rings. The summed E-state index contributed by atoms with van der Waals surface area (Å²) in [6, 6.07) is 26.1. The zero-order chi connectivity index (χ0) is 20.5. The van der Waals surface area contributed by atoms with E-state index in [1.54, 1.807) is 24.3 Å². The highest BCUT2D eigenvalue weighted by Crippen LogP contribution is 2.17. The third-order valence-electron chi connectivity index (χ3n) is 3.91. The lowest BCUT2D eigenvalue weighted by atomic mass is 10.0. The van der Waals surface area contributed by atoms with Gasteiger partial charge in [0, 0.05) is 29.8 Å². The summed E-state index contributed by atoms with van der Waals surface area (Å²) in [7, 11) is 0. The highest BCUT2D eigenvalue weighted by atomic mass is 16.5. The second-order valence-electron chi connectivity index (χ2n) is 6.23. The van der Waals surface area contributed by atoms with Crippen molar-refractivity contribution in [2.24, 2.45) is 5.10 Å². The van der Waals surface area contributed by atoms with Crippen LogP contribution in [0.1, 0.15) is 18.1 Å². The van der Waals surface area contributed by atoms with Gasteiger partial charge >= 0.3 is 0 Å². The van der Waals surface area contributed by atoms with Crippen LogP contribution in [-0.4, -0.2) is 24.1 Å². The molecule has 0 aliphatic heterocycles. The topological polar surface area (TPSA) is 79.8 Å². The number of hydrogen-bond acceptors (Lipinski definition) is 4. The minimum Gasteiger partial charge on any atom is -0.484 e. The van der Waals surface area contributed by atoms with E-state index in [1.165, 1.54) is 6.92 Å². The van der Waals surface area contributed by atoms with Crippen LogP contribution in [0.15, 0.2) is 90.0 Å². The monoisotopic (exact) mass is 387 g/mol. The first-order valence-electron chi connectivity index (χ1n) is 9.09. The molecule has 146 valence electrons. The molecule has 0 aromatic heterocycles. The van der Waals surface area contributed by atoms with Crippen molar-refractivity contribution in [3.05, 3.63) is 96.1 Å². The Bertz CT molecular complexity index is 961. The van der Waals surface area contributed by atoms with Crippen molar-refractivity contribution in [2.45, 2.75) is 6.92 Å². The number of nitrogens with one attached hydrogen (secondary N) is 2. The molecule has 0 heterocycles. The maximum absolute atomic E-state index is 12.2. The summed E-state index contributed by atoms with van der Waals surface area (Å²) in [4.78, 5) is 23.4. The Kier molecular flexibility index (Phi) is 6.73. The van der Waals surface area contributed by atoms with Crippen LogP contribution < -0.4 is 15.5 Å². The number of hydrogen-bond donors (Lipinski definition) is 2. The molecule has 6 heteroatoms. The van der Waals surface area contributed by atoms with Gasteiger partial charge in [0.05, 0.1) is 5.71 Å². The van der Waals surface area contributed by atoms with Crippen molar-refractivity contribution in [3.8, 4) is 5.75 Å². The Hall–Kier alpha value is -3.93. The van der Waals surface area contributed by atoms with Crippen molar-refractivity contribution in [1.82, 2.24) is 5.43 Å². The number of nitrogens with zero attached hydrogens (tertiary/aromatic N) is 1. The lowest BCUT2D eigenvalue weighted by molar-refractivity contribution is -0.123. The van der Waals surface area contributed by atoms with Gasteiger partial charge in [-0.15, -0.1) is 0 Å². The molecule has 3 rings (SSSR count). The van der Waals surface area contributed by atoms with Gasteiger partial charge in [0.1, 0.15) is 5.75 Å². The third-order valence-corrected chi connectivity index (χ3v) is 3.91. The number of amides is 2. The number of benzene rings is 3. The molecule has 0 atom stereocenters. The smallest absolute Gasteiger partial charge is 0.277 e. The van der Waals surface area contributed by atoms with Gasteiger partial charge < -0.3 is 10.1 Å². The SMILES string of the molecule is CC(=O)Nc1cccc(OCC(=O)NN=C(c2ccccc2)c2ccccc2)c1. The second-order valence-corrected chi connectivity index (χ2v) is 6.23. The maximum Gasteiger partial charge on any atom is 0.277 e. The summed E-state index contributed by atoms with van der Waals surface area (Å²) < 4.78 is 5.50. The van der Waals surface area contributed by atoms with Crippen molar-refractivity contribution in [1.29, 1.82) is 0 Å². The van der Waals surface area contributed by atoms with Gasteiger partial charge in [-0.3, -0.25) is 9.59 Å². The first-order chi connectivity index (χ1) is 14.1. The molecule has 0 aliphatic rings. The molecular formula is C23H21N3O3. The van der Waals surface area contributed by atoms with E-state index >= 15 is 0 Å². The number of ether oxygens (including phenoxy) is 1. The van der Waals surface area contributed by atoms with Crippen LogP contribution in [0.5, 0.6) is 5.75 Å². The maximum atomic E-state index is 12.2. The van der Waals surface area contributed by atoms with E-state index in [9.17, 15) is 9.59 Å². The van der Waals surface area contributed by atoms with Crippen molar-refractivity contribution in [2.75, 3.05) is 11.9 Å². The third kappa shape index (κ3) is 6.04. The van der Waals surface area contributed by atoms with Gasteiger partial charge in [0.2, 0.25) is 5.91 Å². The van der Waals surface area contributed by atoms with Crippen LogP contribution in [0.3, 0.4) is 0 Å². The van der Waals surface area contributed by atoms with Crippen LogP contribution in [0.4, 0.5) is 5.69 Å². The van der Waals surface area contributed by atoms with Crippen LogP contribution >= 0.6 is 0 Å². The lowest BCUT2D eigenvalue weighted by Gasteiger charge is -2.09. The predicted molar refractivity (Wildman–Crippen MR) is 113 cm³/mol. The zero-order valence-corrected chi connectivity index (χ0v) is 16.0. The average Bonchev–Trinajstić information content (AvgIpc) is 2.74. The van der Waals surface area contributed by atoms with E-state index in [4.69, 9.17) is 4.74 Å². The van der Waals surface area contributed by atoms with Crippen LogP contribution in [-0.2, 0) is 9.59 Å². The summed E-state index contributed by atoms with van der Waals surface area (Å²) in [6.45, 7) is 1.22. The molecule has 0 aliphatic carbocycles. The van der Waals surface area contributed by atoms with Crippen molar-refractivity contribution in [3.63, 3.8) is 0 Å². The molecule has 0 radical (unpaired) electrons. The second kappa shape index (κ2) is 9.85. The predicted octanol–water partition coefficient (Wildman–Crippen LogP) is 3.59. The van der Waals surface area contributed by atoms with E-state index in [0.29, 0.717) is 17.1 Å². The molecule has 0 unspecified atom stereocenters. The Morgan fingerprint density at radius 3 is 2.07 bits per heavy atom. The van der Waals surface area contributed by atoms with E-state index < -0.39 is 0 Å².